The minimum absolute atomic E-state index is 0.257. The lowest BCUT2D eigenvalue weighted by atomic mass is 9.96. The van der Waals surface area contributed by atoms with Crippen LogP contribution in [0.5, 0.6) is 11.5 Å². The maximum Gasteiger partial charge on any atom is 0.122 e. The highest BCUT2D eigenvalue weighted by molar-refractivity contribution is 5.51. The van der Waals surface area contributed by atoms with Crippen LogP contribution in [0, 0.1) is 19.8 Å². The summed E-state index contributed by atoms with van der Waals surface area (Å²) in [6.07, 6.45) is 39.9. The molecule has 0 saturated carbocycles. The van der Waals surface area contributed by atoms with Gasteiger partial charge in [-0.1, -0.05) is 107 Å². The molecule has 55 heavy (non-hydrogen) atoms. The van der Waals surface area contributed by atoms with Gasteiger partial charge in [0.15, 0.2) is 0 Å². The third kappa shape index (κ3) is 24.8. The van der Waals surface area contributed by atoms with Crippen molar-refractivity contribution in [3.63, 3.8) is 0 Å². The van der Waals surface area contributed by atoms with Crippen molar-refractivity contribution in [2.75, 3.05) is 0 Å². The molecule has 0 bridgehead atoms. The van der Waals surface area contributed by atoms with E-state index in [-0.39, 0.29) is 5.75 Å². The van der Waals surface area contributed by atoms with Crippen molar-refractivity contribution >= 4 is 0 Å². The SMILES string of the molecule is CC(C)=CCC/C(C)=C\CC/C(C)=C/CC/C(C)=C/CCC(C)CCC/C(C)=C/CC/C(C)=C/CC/C(C)=C/CC/C(C)=C/Cc1cc(O)c(C)c(C)c1O. The highest BCUT2D eigenvalue weighted by atomic mass is 16.3. The van der Waals surface area contributed by atoms with Crippen LogP contribution in [0.2, 0.25) is 0 Å². The second-order valence-electron chi connectivity index (χ2n) is 17.3. The molecule has 1 atom stereocenters. The predicted molar refractivity (Wildman–Crippen MR) is 246 cm³/mol. The largest absolute Gasteiger partial charge is 0.508 e. The molecule has 0 saturated heterocycles. The molecule has 0 fully saturated rings. The van der Waals surface area contributed by atoms with Crippen LogP contribution in [0.15, 0.2) is 99.3 Å². The van der Waals surface area contributed by atoms with Gasteiger partial charge in [0.1, 0.15) is 11.5 Å². The summed E-state index contributed by atoms with van der Waals surface area (Å²) in [4.78, 5) is 0. The van der Waals surface area contributed by atoms with Gasteiger partial charge in [-0.05, 0) is 208 Å². The van der Waals surface area contributed by atoms with Crippen molar-refractivity contribution in [1.29, 1.82) is 0 Å². The van der Waals surface area contributed by atoms with Gasteiger partial charge in [-0.25, -0.2) is 0 Å². The van der Waals surface area contributed by atoms with E-state index in [1.54, 1.807) is 17.2 Å². The first-order chi connectivity index (χ1) is 26.1. The van der Waals surface area contributed by atoms with Gasteiger partial charge in [0, 0.05) is 5.56 Å². The zero-order valence-electron chi connectivity index (χ0n) is 37.9. The molecule has 1 rings (SSSR count). The molecular formula is C53H84O2. The van der Waals surface area contributed by atoms with Crippen LogP contribution in [0.4, 0.5) is 0 Å². The molecule has 0 aliphatic heterocycles. The Hall–Kier alpha value is -3.26. The fourth-order valence-electron chi connectivity index (χ4n) is 6.91. The van der Waals surface area contributed by atoms with Gasteiger partial charge in [-0.15, -0.1) is 0 Å². The van der Waals surface area contributed by atoms with E-state index in [1.165, 1.54) is 104 Å². The number of rotatable bonds is 27. The normalized spacial score (nSPS) is 14.5. The third-order valence-corrected chi connectivity index (χ3v) is 11.3. The number of hydrogen-bond acceptors (Lipinski definition) is 2. The summed E-state index contributed by atoms with van der Waals surface area (Å²) in [5, 5.41) is 20.6. The number of phenols is 2. The Labute approximate surface area is 341 Å². The first-order valence-electron chi connectivity index (χ1n) is 21.8. The van der Waals surface area contributed by atoms with E-state index in [0.717, 1.165) is 61.1 Å². The Morgan fingerprint density at radius 2 is 0.836 bits per heavy atom. The monoisotopic (exact) mass is 753 g/mol. The number of hydrogen-bond donors (Lipinski definition) is 2. The van der Waals surface area contributed by atoms with Crippen molar-refractivity contribution < 1.29 is 10.2 Å². The lowest BCUT2D eigenvalue weighted by Crippen LogP contribution is -1.94. The van der Waals surface area contributed by atoms with Crippen LogP contribution in [0.3, 0.4) is 0 Å². The van der Waals surface area contributed by atoms with Gasteiger partial charge in [0.2, 0.25) is 0 Å². The molecule has 1 unspecified atom stereocenters. The van der Waals surface area contributed by atoms with Crippen LogP contribution in [0.1, 0.15) is 195 Å². The topological polar surface area (TPSA) is 40.5 Å². The van der Waals surface area contributed by atoms with E-state index >= 15 is 0 Å². The lowest BCUT2D eigenvalue weighted by Gasteiger charge is -2.11. The molecule has 1 aromatic rings. The van der Waals surface area contributed by atoms with E-state index in [4.69, 9.17) is 0 Å². The van der Waals surface area contributed by atoms with E-state index in [1.807, 2.05) is 13.8 Å². The molecule has 0 radical (unpaired) electrons. The highest BCUT2D eigenvalue weighted by Crippen LogP contribution is 2.32. The molecule has 0 amide bonds. The molecular weight excluding hydrogens is 669 g/mol. The van der Waals surface area contributed by atoms with E-state index in [9.17, 15) is 10.2 Å². The number of phenolic OH excluding ortho intramolecular Hbond substituents is 2. The lowest BCUT2D eigenvalue weighted by molar-refractivity contribution is 0.448. The average Bonchev–Trinajstić information content (AvgIpc) is 3.11. The Kier molecular flexibility index (Phi) is 26.3. The summed E-state index contributed by atoms with van der Waals surface area (Å²) in [5.41, 5.74) is 14.1. The standard InChI is InChI=1S/C53H84O2/c1-40(2)21-13-22-41(3)23-14-24-42(4)25-15-26-43(5)27-16-28-44(6)29-17-30-45(7)31-18-32-46(8)33-19-34-47(9)35-20-36-48(10)37-38-51-39-52(54)49(11)50(12)53(51)55/h21,23,25,27,31,33,35,37,39,44,54-55H,13-20,22,24,26,28-30,32,34,36,38H2,1-12H3/b41-23-,42-25+,43-27+,45-31+,46-33+,47-35+,48-37+. The summed E-state index contributed by atoms with van der Waals surface area (Å²) in [7, 11) is 0. The van der Waals surface area contributed by atoms with E-state index in [2.05, 4.69) is 118 Å². The van der Waals surface area contributed by atoms with Gasteiger partial charge in [0.05, 0.1) is 0 Å². The fraction of sp³-hybridized carbons (Fsp3) is 0.585. The van der Waals surface area contributed by atoms with Crippen molar-refractivity contribution in [3.8, 4) is 11.5 Å². The maximum atomic E-state index is 10.4. The number of benzene rings is 1. The third-order valence-electron chi connectivity index (χ3n) is 11.3. The summed E-state index contributed by atoms with van der Waals surface area (Å²) in [6, 6.07) is 1.69. The van der Waals surface area contributed by atoms with Gasteiger partial charge in [0.25, 0.3) is 0 Å². The van der Waals surface area contributed by atoms with Crippen molar-refractivity contribution in [2.45, 2.75) is 199 Å². The van der Waals surface area contributed by atoms with Crippen LogP contribution >= 0.6 is 0 Å². The summed E-state index contributed by atoms with van der Waals surface area (Å²) < 4.78 is 0. The van der Waals surface area contributed by atoms with E-state index < -0.39 is 0 Å². The Bertz CT molecular complexity index is 1530. The first kappa shape index (κ1) is 49.8. The Morgan fingerprint density at radius 3 is 1.25 bits per heavy atom. The van der Waals surface area contributed by atoms with Crippen molar-refractivity contribution in [3.05, 3.63) is 116 Å². The molecule has 0 spiro atoms. The molecule has 0 aliphatic carbocycles. The molecule has 1 aromatic carbocycles. The molecule has 2 heteroatoms. The van der Waals surface area contributed by atoms with Crippen molar-refractivity contribution in [1.82, 2.24) is 0 Å². The van der Waals surface area contributed by atoms with Crippen LogP contribution in [-0.2, 0) is 6.42 Å². The molecule has 0 heterocycles. The molecule has 2 nitrogen and oxygen atoms in total. The zero-order chi connectivity index (χ0) is 41.2. The van der Waals surface area contributed by atoms with Gasteiger partial charge in [-0.3, -0.25) is 0 Å². The highest BCUT2D eigenvalue weighted by Gasteiger charge is 2.10. The Balaban J connectivity index is 2.23. The quantitative estimate of drug-likeness (QED) is 0.0694. The first-order valence-corrected chi connectivity index (χ1v) is 21.8. The van der Waals surface area contributed by atoms with Gasteiger partial charge in [-0.2, -0.15) is 0 Å². The second kappa shape index (κ2) is 29.0. The summed E-state index contributed by atoms with van der Waals surface area (Å²) in [6.45, 7) is 26.4. The minimum atomic E-state index is 0.257. The molecule has 0 aliphatic rings. The smallest absolute Gasteiger partial charge is 0.122 e. The molecule has 0 aromatic heterocycles. The van der Waals surface area contributed by atoms with Crippen LogP contribution < -0.4 is 0 Å². The summed E-state index contributed by atoms with van der Waals surface area (Å²) >= 11 is 0. The average molecular weight is 753 g/mol. The maximum absolute atomic E-state index is 10.4. The van der Waals surface area contributed by atoms with Gasteiger partial charge >= 0.3 is 0 Å². The minimum Gasteiger partial charge on any atom is -0.508 e. The zero-order valence-corrected chi connectivity index (χ0v) is 37.9. The Morgan fingerprint density at radius 1 is 0.473 bits per heavy atom. The van der Waals surface area contributed by atoms with Crippen LogP contribution in [-0.4, -0.2) is 10.2 Å². The van der Waals surface area contributed by atoms with E-state index in [0.29, 0.717) is 12.2 Å². The number of aromatic hydroxyl groups is 2. The fourth-order valence-corrected chi connectivity index (χ4v) is 6.91. The number of allylic oxidation sites excluding steroid dienone is 16. The molecule has 308 valence electrons. The molecule has 2 N–H and O–H groups in total. The summed E-state index contributed by atoms with van der Waals surface area (Å²) in [5.74, 6) is 1.35. The second-order valence-corrected chi connectivity index (χ2v) is 17.3. The predicted octanol–water partition coefficient (Wildman–Crippen LogP) is 17.1. The van der Waals surface area contributed by atoms with Crippen molar-refractivity contribution in [2.24, 2.45) is 5.92 Å². The van der Waals surface area contributed by atoms with Crippen LogP contribution in [0.25, 0.3) is 0 Å². The van der Waals surface area contributed by atoms with Gasteiger partial charge < -0.3 is 10.2 Å².